The van der Waals surface area contributed by atoms with E-state index in [9.17, 15) is 9.59 Å². The highest BCUT2D eigenvalue weighted by atomic mass is 127. The van der Waals surface area contributed by atoms with Crippen molar-refractivity contribution in [2.45, 2.75) is 0 Å². The van der Waals surface area contributed by atoms with Gasteiger partial charge in [-0.05, 0) is 87.3 Å². The number of hydrogen-bond acceptors (Lipinski definition) is 4. The van der Waals surface area contributed by atoms with E-state index in [1.807, 2.05) is 72.8 Å². The van der Waals surface area contributed by atoms with E-state index in [0.717, 1.165) is 37.3 Å². The molecule has 0 unspecified atom stereocenters. The molecule has 0 aromatic heterocycles. The fourth-order valence-electron chi connectivity index (χ4n) is 5.98. The van der Waals surface area contributed by atoms with Gasteiger partial charge in [-0.3, -0.25) is 9.59 Å². The maximum Gasteiger partial charge on any atom is 0.238 e. The maximum absolute atomic E-state index is 13.7. The third-order valence-electron chi connectivity index (χ3n) is 7.53. The van der Waals surface area contributed by atoms with Crippen molar-refractivity contribution < 1.29 is 19.1 Å². The molecule has 1 saturated heterocycles. The van der Waals surface area contributed by atoms with Crippen molar-refractivity contribution in [3.63, 3.8) is 0 Å². The molecular weight excluding hydrogens is 565 g/mol. The Morgan fingerprint density at radius 3 is 1.69 bits per heavy atom. The molecule has 3 aliphatic rings. The SMILES string of the molecule is COc1ccc(C(=C2[C@H]3C=C[C@H]2[C@@H]2C(=O)N(c4cccc(I)c4)C(=O)[C@H]23)c2ccc(OC)cc2)cc1. The third-order valence-corrected chi connectivity index (χ3v) is 8.20. The molecule has 180 valence electrons. The number of hydrogen-bond donors (Lipinski definition) is 0. The molecule has 6 rings (SSSR count). The van der Waals surface area contributed by atoms with Crippen LogP contribution in [-0.2, 0) is 9.59 Å². The van der Waals surface area contributed by atoms with Crippen molar-refractivity contribution in [1.82, 2.24) is 0 Å². The first kappa shape index (κ1) is 23.0. The zero-order valence-electron chi connectivity index (χ0n) is 19.9. The van der Waals surface area contributed by atoms with Gasteiger partial charge in [0.2, 0.25) is 11.8 Å². The van der Waals surface area contributed by atoms with Crippen LogP contribution in [0, 0.1) is 27.2 Å². The summed E-state index contributed by atoms with van der Waals surface area (Å²) in [5.74, 6) is 0.336. The molecule has 3 aromatic rings. The lowest BCUT2D eigenvalue weighted by Gasteiger charge is -2.22. The van der Waals surface area contributed by atoms with Gasteiger partial charge in [-0.15, -0.1) is 0 Å². The summed E-state index contributed by atoms with van der Waals surface area (Å²) in [5.41, 5.74) is 4.93. The minimum atomic E-state index is -0.383. The minimum absolute atomic E-state index is 0.106. The van der Waals surface area contributed by atoms with Crippen LogP contribution in [-0.4, -0.2) is 26.0 Å². The molecule has 1 aliphatic heterocycles. The molecule has 36 heavy (non-hydrogen) atoms. The molecular formula is C30H24INO4. The van der Waals surface area contributed by atoms with Gasteiger partial charge in [0.15, 0.2) is 0 Å². The number of carbonyl (C=O) groups is 2. The number of nitrogens with zero attached hydrogens (tertiary/aromatic N) is 1. The van der Waals surface area contributed by atoms with E-state index < -0.39 is 0 Å². The van der Waals surface area contributed by atoms with Gasteiger partial charge in [0, 0.05) is 15.4 Å². The van der Waals surface area contributed by atoms with Gasteiger partial charge in [-0.2, -0.15) is 0 Å². The van der Waals surface area contributed by atoms with Gasteiger partial charge >= 0.3 is 0 Å². The second-order valence-corrected chi connectivity index (χ2v) is 10.5. The number of methoxy groups -OCH3 is 2. The fraction of sp³-hybridized carbons (Fsp3) is 0.200. The smallest absolute Gasteiger partial charge is 0.238 e. The van der Waals surface area contributed by atoms with Crippen LogP contribution >= 0.6 is 22.6 Å². The van der Waals surface area contributed by atoms with Crippen LogP contribution in [0.3, 0.4) is 0 Å². The monoisotopic (exact) mass is 589 g/mol. The lowest BCUT2D eigenvalue weighted by Crippen LogP contribution is -2.33. The predicted octanol–water partition coefficient (Wildman–Crippen LogP) is 5.73. The first-order valence-corrected chi connectivity index (χ1v) is 12.9. The summed E-state index contributed by atoms with van der Waals surface area (Å²) in [5, 5.41) is 0. The van der Waals surface area contributed by atoms with Crippen LogP contribution in [0.5, 0.6) is 11.5 Å². The van der Waals surface area contributed by atoms with Crippen molar-refractivity contribution in [2.24, 2.45) is 23.7 Å². The molecule has 1 saturated carbocycles. The summed E-state index contributed by atoms with van der Waals surface area (Å²) in [6.07, 6.45) is 4.25. The number of amides is 2. The van der Waals surface area contributed by atoms with Gasteiger partial charge < -0.3 is 9.47 Å². The summed E-state index contributed by atoms with van der Waals surface area (Å²) in [7, 11) is 3.30. The number of rotatable bonds is 5. The molecule has 6 heteroatoms. The molecule has 4 atom stereocenters. The van der Waals surface area contributed by atoms with Crippen molar-refractivity contribution in [3.8, 4) is 11.5 Å². The predicted molar refractivity (Wildman–Crippen MR) is 147 cm³/mol. The van der Waals surface area contributed by atoms with E-state index in [1.165, 1.54) is 4.90 Å². The molecule has 0 radical (unpaired) electrons. The number of anilines is 1. The number of halogens is 1. The molecule has 1 heterocycles. The van der Waals surface area contributed by atoms with Crippen LogP contribution in [0.2, 0.25) is 0 Å². The van der Waals surface area contributed by atoms with E-state index in [0.29, 0.717) is 5.69 Å². The molecule has 2 amide bonds. The highest BCUT2D eigenvalue weighted by Crippen LogP contribution is 2.59. The number of fused-ring (bicyclic) bond motifs is 5. The minimum Gasteiger partial charge on any atom is -0.497 e. The second kappa shape index (κ2) is 8.92. The first-order chi connectivity index (χ1) is 17.5. The first-order valence-electron chi connectivity index (χ1n) is 11.9. The van der Waals surface area contributed by atoms with E-state index in [4.69, 9.17) is 9.47 Å². The largest absolute Gasteiger partial charge is 0.497 e. The van der Waals surface area contributed by atoms with Gasteiger partial charge in [0.05, 0.1) is 31.7 Å². The summed E-state index contributed by atoms with van der Waals surface area (Å²) < 4.78 is 11.7. The lowest BCUT2D eigenvalue weighted by atomic mass is 9.85. The zero-order chi connectivity index (χ0) is 25.0. The quantitative estimate of drug-likeness (QED) is 0.217. The van der Waals surface area contributed by atoms with Crippen LogP contribution in [0.25, 0.3) is 5.57 Å². The van der Waals surface area contributed by atoms with E-state index in [2.05, 4.69) is 34.7 Å². The van der Waals surface area contributed by atoms with Crippen LogP contribution < -0.4 is 14.4 Å². The average Bonchev–Trinajstić information content (AvgIpc) is 3.54. The van der Waals surface area contributed by atoms with Crippen molar-refractivity contribution in [1.29, 1.82) is 0 Å². The van der Waals surface area contributed by atoms with Crippen molar-refractivity contribution >= 4 is 45.7 Å². The molecule has 2 bridgehead atoms. The Kier molecular flexibility index (Phi) is 5.71. The summed E-state index contributed by atoms with van der Waals surface area (Å²) in [6, 6.07) is 23.5. The highest BCUT2D eigenvalue weighted by molar-refractivity contribution is 14.1. The molecule has 0 N–H and O–H groups in total. The topological polar surface area (TPSA) is 55.8 Å². The second-order valence-electron chi connectivity index (χ2n) is 9.27. The van der Waals surface area contributed by atoms with E-state index in [1.54, 1.807) is 14.2 Å². The van der Waals surface area contributed by atoms with Crippen LogP contribution in [0.1, 0.15) is 11.1 Å². The maximum atomic E-state index is 13.7. The summed E-state index contributed by atoms with van der Waals surface area (Å²) >= 11 is 2.21. The average molecular weight is 589 g/mol. The standard InChI is InChI=1S/C30H24INO4/c1-35-21-10-6-17(7-11-21)25(18-8-12-22(36-2)13-9-18)26-23-14-15-24(26)28-27(23)29(33)32(30(28)34)20-5-3-4-19(31)16-20/h3-16,23-24,27-28H,1-2H3/t23-,24-,27+,28+/m1/s1. The van der Waals surface area contributed by atoms with Gasteiger partial charge in [-0.1, -0.05) is 42.5 Å². The molecule has 2 fully saturated rings. The molecule has 2 aliphatic carbocycles. The summed E-state index contributed by atoms with van der Waals surface area (Å²) in [4.78, 5) is 28.8. The van der Waals surface area contributed by atoms with Crippen LogP contribution in [0.4, 0.5) is 5.69 Å². The van der Waals surface area contributed by atoms with E-state index in [-0.39, 0.29) is 35.5 Å². The number of allylic oxidation sites excluding steroid dienone is 3. The molecule has 0 spiro atoms. The van der Waals surface area contributed by atoms with Gasteiger partial charge in [0.25, 0.3) is 0 Å². The zero-order valence-corrected chi connectivity index (χ0v) is 22.0. The fourth-order valence-corrected chi connectivity index (χ4v) is 6.51. The lowest BCUT2D eigenvalue weighted by molar-refractivity contribution is -0.122. The normalized spacial score (nSPS) is 23.9. The Balaban J connectivity index is 1.48. The molecule has 3 aromatic carbocycles. The highest BCUT2D eigenvalue weighted by Gasteiger charge is 2.62. The number of ether oxygens (including phenoxy) is 2. The Morgan fingerprint density at radius 2 is 1.25 bits per heavy atom. The van der Waals surface area contributed by atoms with E-state index >= 15 is 0 Å². The Hall–Kier alpha value is -3.39. The van der Waals surface area contributed by atoms with Crippen molar-refractivity contribution in [3.05, 3.63) is 105 Å². The number of imide groups is 1. The van der Waals surface area contributed by atoms with Gasteiger partial charge in [0.1, 0.15) is 11.5 Å². The summed E-state index contributed by atoms with van der Waals surface area (Å²) in [6.45, 7) is 0. The Labute approximate surface area is 223 Å². The Bertz CT molecular complexity index is 1340. The van der Waals surface area contributed by atoms with Gasteiger partial charge in [-0.25, -0.2) is 4.90 Å². The number of benzene rings is 3. The number of carbonyl (C=O) groups excluding carboxylic acids is 2. The van der Waals surface area contributed by atoms with Crippen molar-refractivity contribution in [2.75, 3.05) is 19.1 Å². The molecule has 5 nitrogen and oxygen atoms in total. The Morgan fingerprint density at radius 1 is 0.750 bits per heavy atom. The van der Waals surface area contributed by atoms with Crippen LogP contribution in [0.15, 0.2) is 90.5 Å². The third kappa shape index (κ3) is 3.50.